The van der Waals surface area contributed by atoms with Crippen LogP contribution in [0.3, 0.4) is 0 Å². The molecule has 2 heterocycles. The molecule has 1 fully saturated rings. The molecular weight excluding hydrogens is 909 g/mol. The average molecular weight is 969 g/mol. The van der Waals surface area contributed by atoms with Crippen LogP contribution in [0.25, 0.3) is 60.9 Å². The third kappa shape index (κ3) is 6.72. The van der Waals surface area contributed by atoms with Gasteiger partial charge in [0.25, 0.3) is 0 Å². The van der Waals surface area contributed by atoms with E-state index in [2.05, 4.69) is 262 Å². The first-order valence-electron chi connectivity index (χ1n) is 27.3. The van der Waals surface area contributed by atoms with E-state index in [0.29, 0.717) is 29.6 Å². The summed E-state index contributed by atoms with van der Waals surface area (Å²) in [7, 11) is 0. The highest BCUT2D eigenvalue weighted by molar-refractivity contribution is 6.09. The molecule has 5 unspecified atom stereocenters. The van der Waals surface area contributed by atoms with Crippen LogP contribution in [0.2, 0.25) is 0 Å². The van der Waals surface area contributed by atoms with Crippen LogP contribution in [0.4, 0.5) is 17.1 Å². The minimum atomic E-state index is -0.0140. The summed E-state index contributed by atoms with van der Waals surface area (Å²) in [5.41, 5.74) is 22.2. The Morgan fingerprint density at radius 1 is 0.560 bits per heavy atom. The van der Waals surface area contributed by atoms with Crippen molar-refractivity contribution in [3.8, 4) is 33.7 Å². The normalized spacial score (nSPS) is 22.2. The summed E-state index contributed by atoms with van der Waals surface area (Å²) in [4.78, 5) is 2.41. The molecular formula is C72H60N2O. The van der Waals surface area contributed by atoms with Crippen molar-refractivity contribution in [2.45, 2.75) is 58.3 Å². The first-order chi connectivity index (χ1) is 36.7. The lowest BCUT2D eigenvalue weighted by Gasteiger charge is -2.39. The molecule has 3 heteroatoms. The van der Waals surface area contributed by atoms with Gasteiger partial charge in [-0.1, -0.05) is 191 Å². The van der Waals surface area contributed by atoms with Crippen molar-refractivity contribution in [2.24, 2.45) is 29.1 Å². The average Bonchev–Trinajstić information content (AvgIpc) is 4.19. The van der Waals surface area contributed by atoms with Crippen molar-refractivity contribution in [1.82, 2.24) is 4.57 Å². The minimum absolute atomic E-state index is 0.0140. The zero-order chi connectivity index (χ0) is 50.2. The van der Waals surface area contributed by atoms with Crippen LogP contribution in [0, 0.1) is 29.1 Å². The third-order valence-electron chi connectivity index (χ3n) is 18.7. The molecule has 0 saturated heterocycles. The Kier molecular flexibility index (Phi) is 9.87. The van der Waals surface area contributed by atoms with Crippen molar-refractivity contribution in [2.75, 3.05) is 4.90 Å². The quantitative estimate of drug-likeness (QED) is 0.158. The third-order valence-corrected chi connectivity index (χ3v) is 18.7. The second kappa shape index (κ2) is 16.7. The van der Waals surface area contributed by atoms with E-state index < -0.39 is 0 Å². The highest BCUT2D eigenvalue weighted by atomic mass is 16.5. The number of rotatable bonds is 7. The van der Waals surface area contributed by atoms with Gasteiger partial charge in [0.05, 0.1) is 11.0 Å². The van der Waals surface area contributed by atoms with Gasteiger partial charge in [-0.25, -0.2) is 0 Å². The van der Waals surface area contributed by atoms with Gasteiger partial charge < -0.3 is 14.2 Å². The van der Waals surface area contributed by atoms with Gasteiger partial charge in [-0.05, 0) is 165 Å². The molecule has 0 spiro atoms. The fourth-order valence-corrected chi connectivity index (χ4v) is 14.9. The Hall–Kier alpha value is -8.14. The predicted octanol–water partition coefficient (Wildman–Crippen LogP) is 18.9. The number of benzene rings is 8. The summed E-state index contributed by atoms with van der Waals surface area (Å²) in [6.07, 6.45) is 17.4. The predicted molar refractivity (Wildman–Crippen MR) is 312 cm³/mol. The van der Waals surface area contributed by atoms with Gasteiger partial charge in [0, 0.05) is 50.6 Å². The van der Waals surface area contributed by atoms with Gasteiger partial charge in [-0.2, -0.15) is 0 Å². The first-order valence-corrected chi connectivity index (χ1v) is 27.3. The number of ether oxygens (including phenoxy) is 1. The number of nitrogens with zero attached hydrogens (tertiary/aromatic N) is 2. The Labute approximate surface area is 441 Å². The van der Waals surface area contributed by atoms with Gasteiger partial charge in [-0.3, -0.25) is 0 Å². The molecule has 6 aliphatic rings. The summed E-state index contributed by atoms with van der Waals surface area (Å²) in [5, 5.41) is 2.61. The second-order valence-corrected chi connectivity index (χ2v) is 23.2. The fourth-order valence-electron chi connectivity index (χ4n) is 14.9. The molecule has 5 aliphatic carbocycles. The number of anilines is 3. The number of allylic oxidation sites excluding steroid dienone is 10. The summed E-state index contributed by atoms with van der Waals surface area (Å²) in [6.45, 7) is 10.2. The second-order valence-electron chi connectivity index (χ2n) is 23.2. The maximum atomic E-state index is 6.55. The van der Waals surface area contributed by atoms with Gasteiger partial charge in [0.1, 0.15) is 11.5 Å². The van der Waals surface area contributed by atoms with Crippen LogP contribution >= 0.6 is 0 Å². The molecule has 0 radical (unpaired) electrons. The molecule has 75 heavy (non-hydrogen) atoms. The molecule has 1 saturated carbocycles. The van der Waals surface area contributed by atoms with E-state index in [1.807, 2.05) is 0 Å². The van der Waals surface area contributed by atoms with E-state index in [4.69, 9.17) is 4.74 Å². The lowest BCUT2D eigenvalue weighted by molar-refractivity contribution is 0.190. The van der Waals surface area contributed by atoms with Gasteiger partial charge in [0.15, 0.2) is 0 Å². The fraction of sp³-hybridized carbons (Fsp3) is 0.194. The maximum Gasteiger partial charge on any atom is 0.138 e. The highest BCUT2D eigenvalue weighted by Gasteiger charge is 2.57. The highest BCUT2D eigenvalue weighted by Crippen LogP contribution is 2.67. The molecule has 0 N–H and O–H groups in total. The van der Waals surface area contributed by atoms with Crippen molar-refractivity contribution in [3.05, 3.63) is 258 Å². The summed E-state index contributed by atoms with van der Waals surface area (Å²) >= 11 is 0. The van der Waals surface area contributed by atoms with Crippen LogP contribution in [0.15, 0.2) is 236 Å². The summed E-state index contributed by atoms with van der Waals surface area (Å²) in [6, 6.07) is 70.0. The number of hydrogen-bond donors (Lipinski definition) is 0. The Morgan fingerprint density at radius 2 is 1.20 bits per heavy atom. The summed E-state index contributed by atoms with van der Waals surface area (Å²) in [5.74, 6) is 4.24. The summed E-state index contributed by atoms with van der Waals surface area (Å²) < 4.78 is 9.04. The van der Waals surface area contributed by atoms with Crippen LogP contribution < -0.4 is 9.64 Å². The molecule has 9 aromatic rings. The van der Waals surface area contributed by atoms with Crippen molar-refractivity contribution in [1.29, 1.82) is 0 Å². The number of para-hydroxylation sites is 3. The van der Waals surface area contributed by atoms with Crippen LogP contribution in [0.1, 0.15) is 75.1 Å². The first kappa shape index (κ1) is 44.4. The van der Waals surface area contributed by atoms with E-state index in [-0.39, 0.29) is 10.8 Å². The molecule has 1 aliphatic heterocycles. The lowest BCUT2D eigenvalue weighted by Crippen LogP contribution is -2.32. The van der Waals surface area contributed by atoms with E-state index in [1.54, 1.807) is 11.1 Å². The van der Waals surface area contributed by atoms with Crippen molar-refractivity contribution >= 4 is 50.0 Å². The van der Waals surface area contributed by atoms with E-state index >= 15 is 0 Å². The lowest BCUT2D eigenvalue weighted by atomic mass is 9.64. The van der Waals surface area contributed by atoms with Crippen molar-refractivity contribution < 1.29 is 4.74 Å². The molecule has 5 atom stereocenters. The molecule has 0 amide bonds. The molecule has 364 valence electrons. The molecule has 1 aromatic heterocycles. The van der Waals surface area contributed by atoms with Crippen molar-refractivity contribution in [3.63, 3.8) is 0 Å². The van der Waals surface area contributed by atoms with E-state index in [0.717, 1.165) is 52.5 Å². The standard InChI is InChI=1S/C72H60N2O/c1-71(2)62-24-15-21-53(69(62)61-44-64-60(43-65(61)71)55-41-40-52(42-63(55)72(64,3)4)74-66-25-11-8-18-56(66)57-19-9-12-26-67(57)74)47-30-36-50(37-31-47)73(49-34-28-46(29-35-49)45-16-6-5-7-17-45)51-38-32-48(33-39-51)54-22-14-23-59-58-20-10-13-27-68(58)75-70(54)59/h5-19,21-23,25-43,58,61-62,64-65H,20,24,44H2,1-4H3. The van der Waals surface area contributed by atoms with Crippen LogP contribution in [0.5, 0.6) is 5.75 Å². The smallest absolute Gasteiger partial charge is 0.138 e. The zero-order valence-corrected chi connectivity index (χ0v) is 43.2. The number of fused-ring (bicyclic) bond motifs is 12. The zero-order valence-electron chi connectivity index (χ0n) is 43.2. The molecule has 0 bridgehead atoms. The Balaban J connectivity index is 0.777. The molecule has 3 nitrogen and oxygen atoms in total. The number of hydrogen-bond acceptors (Lipinski definition) is 2. The molecule has 8 aromatic carbocycles. The SMILES string of the molecule is CC1(C)c2cc(-n3c4ccccc4c4ccccc43)ccc2C2=CC3C(CC21)C1=C(c2ccc(N(c4ccc(-c5ccccc5)cc4)c4ccc(-c5cccc6c5OC5=CC=CCC56)cc4)cc2)C=CCC1C3(C)C. The number of aromatic nitrogens is 1. The van der Waals surface area contributed by atoms with Crippen LogP contribution in [-0.4, -0.2) is 4.57 Å². The van der Waals surface area contributed by atoms with E-state index in [9.17, 15) is 0 Å². The Bertz CT molecular complexity index is 3900. The van der Waals surface area contributed by atoms with E-state index in [1.165, 1.54) is 72.9 Å². The van der Waals surface area contributed by atoms with Gasteiger partial charge in [-0.15, -0.1) is 0 Å². The van der Waals surface area contributed by atoms with Gasteiger partial charge >= 0.3 is 0 Å². The minimum Gasteiger partial charge on any atom is -0.460 e. The Morgan fingerprint density at radius 3 is 1.91 bits per heavy atom. The largest absolute Gasteiger partial charge is 0.460 e. The van der Waals surface area contributed by atoms with Gasteiger partial charge in [0.2, 0.25) is 0 Å². The molecule has 15 rings (SSSR count). The topological polar surface area (TPSA) is 17.4 Å². The maximum absolute atomic E-state index is 6.55. The van der Waals surface area contributed by atoms with Crippen LogP contribution in [-0.2, 0) is 5.41 Å². The monoisotopic (exact) mass is 968 g/mol.